The molecule has 3 aromatic rings. The van der Waals surface area contributed by atoms with Gasteiger partial charge in [0.15, 0.2) is 30.3 Å². The molecule has 8 nitrogen and oxygen atoms in total. The van der Waals surface area contributed by atoms with E-state index in [2.05, 4.69) is 29.1 Å². The maximum Gasteiger partial charge on any atom is 0.347 e. The number of hydrogen-bond acceptors (Lipinski definition) is 4. The molecule has 48 heavy (non-hydrogen) atoms. The van der Waals surface area contributed by atoms with E-state index in [9.17, 15) is 70.6 Å². The summed E-state index contributed by atoms with van der Waals surface area (Å²) in [6.45, 7) is 0. The predicted octanol–water partition coefficient (Wildman–Crippen LogP) is 11.4. The maximum absolute atomic E-state index is 11.5. The number of benzene rings is 1. The number of nitrogens with zero attached hydrogens (tertiary/aromatic N) is 4. The summed E-state index contributed by atoms with van der Waals surface area (Å²) < 4.78 is 122. The molecule has 0 amide bonds. The van der Waals surface area contributed by atoms with Crippen LogP contribution in [0.4, 0.5) is 61.7 Å². The van der Waals surface area contributed by atoms with Crippen LogP contribution in [-0.4, -0.2) is 9.85 Å². The van der Waals surface area contributed by atoms with E-state index in [0.717, 1.165) is 34.9 Å². The van der Waals surface area contributed by atoms with E-state index in [-0.39, 0.29) is 17.1 Å². The summed E-state index contributed by atoms with van der Waals surface area (Å²) >= 11 is 0. The molecular weight excluding hydrogens is 722 g/mol. The zero-order valence-corrected chi connectivity index (χ0v) is 26.0. The number of rotatable bonds is 5. The average Bonchev–Trinajstić information content (AvgIpc) is 2.89. The third-order valence-corrected chi connectivity index (χ3v) is 8.19. The minimum absolute atomic E-state index is 0.287. The zero-order chi connectivity index (χ0) is 36.3. The van der Waals surface area contributed by atoms with Crippen molar-refractivity contribution in [2.24, 2.45) is 17.8 Å². The molecule has 0 N–H and O–H groups in total. The van der Waals surface area contributed by atoms with Crippen molar-refractivity contribution in [2.75, 3.05) is 0 Å². The molecule has 0 spiro atoms. The molecule has 0 atom stereocenters. The van der Waals surface area contributed by atoms with Crippen LogP contribution < -0.4 is 9.13 Å². The van der Waals surface area contributed by atoms with Gasteiger partial charge in [0.1, 0.15) is 6.07 Å². The number of pyridine rings is 2. The summed E-state index contributed by atoms with van der Waals surface area (Å²) in [4.78, 5) is 21.3. The first-order valence-electron chi connectivity index (χ1n) is 13.9. The van der Waals surface area contributed by atoms with E-state index in [4.69, 9.17) is 0 Å². The molecule has 22 heteroatoms. The summed E-state index contributed by atoms with van der Waals surface area (Å²) in [5.41, 5.74) is 2.08. The first-order valence-corrected chi connectivity index (χ1v) is 18.0. The zero-order valence-electron chi connectivity index (χ0n) is 24.2. The topological polar surface area (TPSA) is 94.0 Å². The normalized spacial score (nSPS) is 25.9. The van der Waals surface area contributed by atoms with Crippen molar-refractivity contribution in [3.8, 4) is 16.8 Å². The molecule has 4 saturated carbocycles. The first-order chi connectivity index (χ1) is 21.3. The number of aromatic nitrogens is 2. The fourth-order valence-corrected chi connectivity index (χ4v) is 7.09. The Bertz CT molecular complexity index is 1650. The van der Waals surface area contributed by atoms with E-state index in [1.807, 2.05) is 12.1 Å². The van der Waals surface area contributed by atoms with Crippen molar-refractivity contribution in [2.45, 2.75) is 44.1 Å². The Balaban J connectivity index is 0.000000314. The van der Waals surface area contributed by atoms with Gasteiger partial charge in [-0.3, -0.25) is 20.2 Å². The molecule has 0 aliphatic heterocycles. The van der Waals surface area contributed by atoms with Crippen LogP contribution in [0.25, 0.3) is 16.8 Å². The van der Waals surface area contributed by atoms with Crippen molar-refractivity contribution in [3.63, 3.8) is 0 Å². The van der Waals surface area contributed by atoms with Crippen LogP contribution in [0.15, 0.2) is 67.3 Å². The van der Waals surface area contributed by atoms with Gasteiger partial charge in [0, 0.05) is 55.7 Å². The second kappa shape index (κ2) is 10.7. The van der Waals surface area contributed by atoms with Gasteiger partial charge in [-0.25, -0.2) is 0 Å². The summed E-state index contributed by atoms with van der Waals surface area (Å²) in [5.74, 6) is 2.68. The van der Waals surface area contributed by atoms with E-state index >= 15 is 0 Å². The molecule has 4 fully saturated rings. The van der Waals surface area contributed by atoms with E-state index in [1.165, 1.54) is 50.7 Å². The van der Waals surface area contributed by atoms with E-state index in [0.29, 0.717) is 5.54 Å². The van der Waals surface area contributed by atoms with E-state index < -0.39 is 25.5 Å². The number of hydrogen-bond donors (Lipinski definition) is 0. The maximum atomic E-state index is 11.5. The predicted molar refractivity (Wildman–Crippen MR) is 150 cm³/mol. The Morgan fingerprint density at radius 1 is 0.604 bits per heavy atom. The molecule has 7 rings (SSSR count). The fourth-order valence-electron chi connectivity index (χ4n) is 7.09. The van der Waals surface area contributed by atoms with Crippen LogP contribution in [0.2, 0.25) is 0 Å². The Morgan fingerprint density at radius 3 is 1.33 bits per heavy atom. The Labute approximate surface area is 262 Å². The van der Waals surface area contributed by atoms with Crippen LogP contribution in [-0.2, 0) is 5.54 Å². The van der Waals surface area contributed by atoms with Crippen LogP contribution >= 0.6 is 15.6 Å². The summed E-state index contributed by atoms with van der Waals surface area (Å²) in [6, 6.07) is 11.8. The molecule has 0 saturated heterocycles. The summed E-state index contributed by atoms with van der Waals surface area (Å²) in [5, 5.41) is 22.5. The number of nitro benzene ring substituents is 2. The number of non-ortho nitro benzene ring substituents is 1. The molecule has 2 aromatic heterocycles. The van der Waals surface area contributed by atoms with E-state index in [1.54, 1.807) is 17.0 Å². The largest absolute Gasteiger partial charge is 0.347 e. The van der Waals surface area contributed by atoms with Crippen molar-refractivity contribution < 1.29 is 69.3 Å². The van der Waals surface area contributed by atoms with Gasteiger partial charge in [-0.15, -0.1) is 0 Å². The van der Waals surface area contributed by atoms with Crippen LogP contribution in [0.5, 0.6) is 0 Å². The Kier molecular flexibility index (Phi) is 8.26. The third-order valence-electron chi connectivity index (χ3n) is 8.19. The minimum Gasteiger partial charge on any atom is -0.258 e. The smallest absolute Gasteiger partial charge is 0.258 e. The van der Waals surface area contributed by atoms with Gasteiger partial charge < -0.3 is 0 Å². The molecule has 268 valence electrons. The van der Waals surface area contributed by atoms with Gasteiger partial charge in [-0.05, 0) is 48.1 Å². The summed E-state index contributed by atoms with van der Waals surface area (Å²) in [6.07, 6.45) is 16.2. The van der Waals surface area contributed by atoms with Crippen LogP contribution in [0.3, 0.4) is 0 Å². The first kappa shape index (κ1) is 37.2. The molecular formula is C26H26F12N4O4P2. The monoisotopic (exact) mass is 748 g/mol. The standard InChI is InChI=1S/C26H26N4O4.2F6P/c31-29(32)23-1-2-24(25(14-23)30(33)34)27-7-3-21(4-8-27)22-5-9-28(10-6-22)26-15-18-11-19(16-26)13-20(12-18)17-26;2*1-7(2,3,4,5)6/h1-10,14,18-20H,11-13,15-17H2;;/q+2;2*-1. The van der Waals surface area contributed by atoms with Gasteiger partial charge in [0.05, 0.1) is 9.85 Å². The SMILES string of the molecule is F[P-](F)(F)(F)(F)F.F[P-](F)(F)(F)(F)F.O=[N+]([O-])c1ccc(-[n+]2ccc(-c3cc[n+](C45CC6CC(CC(C6)C4)C5)cc3)cc2)c([N+](=O)[O-])c1. The second-order valence-corrected chi connectivity index (χ2v) is 16.1. The Morgan fingerprint density at radius 2 is 0.979 bits per heavy atom. The fraction of sp³-hybridized carbons (Fsp3) is 0.385. The summed E-state index contributed by atoms with van der Waals surface area (Å²) in [7, 11) is -21.3. The Hall–Kier alpha value is -3.66. The molecule has 2 heterocycles. The van der Waals surface area contributed by atoms with Crippen molar-refractivity contribution in [3.05, 3.63) is 87.5 Å². The molecule has 0 unspecified atom stereocenters. The average molecular weight is 748 g/mol. The second-order valence-electron chi connectivity index (χ2n) is 12.2. The third kappa shape index (κ3) is 11.8. The number of nitro groups is 2. The van der Waals surface area contributed by atoms with Crippen LogP contribution in [0, 0.1) is 38.0 Å². The van der Waals surface area contributed by atoms with Gasteiger partial charge in [-0.2, -0.15) is 9.13 Å². The van der Waals surface area contributed by atoms with Gasteiger partial charge >= 0.3 is 71.7 Å². The molecule has 4 aliphatic rings. The minimum atomic E-state index is -10.7. The van der Waals surface area contributed by atoms with Gasteiger partial charge in [0.2, 0.25) is 0 Å². The van der Waals surface area contributed by atoms with Crippen LogP contribution in [0.1, 0.15) is 38.5 Å². The molecule has 0 radical (unpaired) electrons. The van der Waals surface area contributed by atoms with Crippen molar-refractivity contribution in [1.29, 1.82) is 0 Å². The molecule has 1 aromatic carbocycles. The molecule has 4 aliphatic carbocycles. The van der Waals surface area contributed by atoms with Gasteiger partial charge in [-0.1, -0.05) is 0 Å². The van der Waals surface area contributed by atoms with Gasteiger partial charge in [0.25, 0.3) is 11.4 Å². The molecule has 4 bridgehead atoms. The number of halogens is 12. The quantitative estimate of drug-likeness (QED) is 0.0853. The van der Waals surface area contributed by atoms with Crippen molar-refractivity contribution >= 4 is 27.0 Å². The van der Waals surface area contributed by atoms with Crippen molar-refractivity contribution in [1.82, 2.24) is 0 Å².